The van der Waals surface area contributed by atoms with Crippen LogP contribution in [0, 0.1) is 17.4 Å². The Hall–Kier alpha value is -0.350. The van der Waals surface area contributed by atoms with Gasteiger partial charge in [0.05, 0.1) is 10.5 Å². The molecule has 0 aliphatic carbocycles. The molecule has 14 heavy (non-hydrogen) atoms. The minimum absolute atomic E-state index is 0.823. The molecule has 0 amide bonds. The van der Waals surface area contributed by atoms with Crippen LogP contribution in [0.3, 0.4) is 0 Å². The van der Waals surface area contributed by atoms with Gasteiger partial charge < -0.3 is 0 Å². The maximum Gasteiger partial charge on any atom is 0.0730 e. The monoisotopic (exact) mass is 317 g/mol. The average Bonchev–Trinajstić information content (AvgIpc) is 2.14. The van der Waals surface area contributed by atoms with E-state index >= 15 is 0 Å². The molecule has 3 heteroatoms. The highest BCUT2D eigenvalue weighted by atomic mass is 127. The van der Waals surface area contributed by atoms with Gasteiger partial charge in [-0.05, 0) is 54.1 Å². The fourth-order valence-corrected chi connectivity index (χ4v) is 2.18. The number of hydrogen-bond acceptors (Lipinski definition) is 1. The average molecular weight is 318 g/mol. The highest BCUT2D eigenvalue weighted by Gasteiger charge is 2.06. The number of nitrogens with zero attached hydrogens (tertiary/aromatic N) is 1. The van der Waals surface area contributed by atoms with E-state index in [0.29, 0.717) is 0 Å². The van der Waals surface area contributed by atoms with E-state index in [4.69, 9.17) is 11.6 Å². The Morgan fingerprint density at radius 1 is 1.29 bits per heavy atom. The van der Waals surface area contributed by atoms with Gasteiger partial charge in [0.15, 0.2) is 0 Å². The number of pyridine rings is 1. The van der Waals surface area contributed by atoms with E-state index in [2.05, 4.69) is 27.6 Å². The first kappa shape index (κ1) is 10.2. The standard InChI is InChI=1S/C11H9ClIN/c1-6-7(2)14-10-5-8(13)3-4-9(10)11(6)12/h3-5H,1-2H3. The highest BCUT2D eigenvalue weighted by Crippen LogP contribution is 2.28. The van der Waals surface area contributed by atoms with Gasteiger partial charge in [0.25, 0.3) is 0 Å². The van der Waals surface area contributed by atoms with E-state index < -0.39 is 0 Å². The van der Waals surface area contributed by atoms with Gasteiger partial charge in [-0.3, -0.25) is 4.98 Å². The quantitative estimate of drug-likeness (QED) is 0.666. The zero-order valence-electron chi connectivity index (χ0n) is 7.94. The lowest BCUT2D eigenvalue weighted by molar-refractivity contribution is 1.19. The second-order valence-electron chi connectivity index (χ2n) is 3.30. The van der Waals surface area contributed by atoms with Crippen molar-refractivity contribution in [2.75, 3.05) is 0 Å². The van der Waals surface area contributed by atoms with Crippen LogP contribution in [0.15, 0.2) is 18.2 Å². The number of hydrogen-bond donors (Lipinski definition) is 0. The van der Waals surface area contributed by atoms with Crippen molar-refractivity contribution in [1.29, 1.82) is 0 Å². The van der Waals surface area contributed by atoms with Crippen molar-refractivity contribution in [1.82, 2.24) is 4.98 Å². The molecular formula is C11H9ClIN. The first-order chi connectivity index (χ1) is 6.59. The fraction of sp³-hybridized carbons (Fsp3) is 0.182. The Morgan fingerprint density at radius 2 is 2.00 bits per heavy atom. The first-order valence-corrected chi connectivity index (χ1v) is 5.77. The molecule has 0 N–H and O–H groups in total. The number of fused-ring (bicyclic) bond motifs is 1. The molecule has 0 fully saturated rings. The minimum Gasteiger partial charge on any atom is -0.253 e. The highest BCUT2D eigenvalue weighted by molar-refractivity contribution is 14.1. The number of rotatable bonds is 0. The van der Waals surface area contributed by atoms with Crippen LogP contribution in [-0.4, -0.2) is 4.98 Å². The Labute approximate surface area is 102 Å². The van der Waals surface area contributed by atoms with Crippen LogP contribution in [0.1, 0.15) is 11.3 Å². The Kier molecular flexibility index (Phi) is 2.66. The minimum atomic E-state index is 0.823. The molecule has 0 aliphatic heterocycles. The second-order valence-corrected chi connectivity index (χ2v) is 4.92. The first-order valence-electron chi connectivity index (χ1n) is 4.31. The largest absolute Gasteiger partial charge is 0.253 e. The van der Waals surface area contributed by atoms with Gasteiger partial charge in [-0.15, -0.1) is 0 Å². The molecule has 1 aromatic heterocycles. The van der Waals surface area contributed by atoms with Crippen molar-refractivity contribution >= 4 is 45.1 Å². The lowest BCUT2D eigenvalue weighted by atomic mass is 10.1. The summed E-state index contributed by atoms with van der Waals surface area (Å²) in [6.45, 7) is 3.99. The predicted octanol–water partition coefficient (Wildman–Crippen LogP) is 4.11. The molecule has 72 valence electrons. The van der Waals surface area contributed by atoms with Crippen molar-refractivity contribution in [3.8, 4) is 0 Å². The zero-order valence-corrected chi connectivity index (χ0v) is 10.8. The molecule has 1 nitrogen and oxygen atoms in total. The number of benzene rings is 1. The molecular weight excluding hydrogens is 308 g/mol. The molecule has 0 aliphatic rings. The normalized spacial score (nSPS) is 10.9. The summed E-state index contributed by atoms with van der Waals surface area (Å²) < 4.78 is 1.18. The molecule has 1 heterocycles. The summed E-state index contributed by atoms with van der Waals surface area (Å²) in [6.07, 6.45) is 0. The van der Waals surface area contributed by atoms with Crippen LogP contribution in [0.2, 0.25) is 5.02 Å². The van der Waals surface area contributed by atoms with E-state index in [1.54, 1.807) is 0 Å². The molecule has 0 radical (unpaired) electrons. The SMILES string of the molecule is Cc1nc2cc(I)ccc2c(Cl)c1C. The zero-order chi connectivity index (χ0) is 10.3. The summed E-state index contributed by atoms with van der Waals surface area (Å²) in [6, 6.07) is 6.12. The maximum absolute atomic E-state index is 6.24. The number of aromatic nitrogens is 1. The van der Waals surface area contributed by atoms with E-state index in [0.717, 1.165) is 27.2 Å². The lowest BCUT2D eigenvalue weighted by Crippen LogP contribution is -1.90. The smallest absolute Gasteiger partial charge is 0.0730 e. The van der Waals surface area contributed by atoms with Crippen molar-refractivity contribution in [3.05, 3.63) is 38.0 Å². The van der Waals surface area contributed by atoms with E-state index in [-0.39, 0.29) is 0 Å². The number of halogens is 2. The third-order valence-corrected chi connectivity index (χ3v) is 3.51. The van der Waals surface area contributed by atoms with Crippen molar-refractivity contribution in [3.63, 3.8) is 0 Å². The molecule has 1 aromatic carbocycles. The molecule has 0 atom stereocenters. The molecule has 0 spiro atoms. The second kappa shape index (κ2) is 3.66. The Bertz CT molecular complexity index is 508. The third-order valence-electron chi connectivity index (χ3n) is 2.36. The predicted molar refractivity (Wildman–Crippen MR) is 68.9 cm³/mol. The van der Waals surface area contributed by atoms with Crippen LogP contribution < -0.4 is 0 Å². The summed E-state index contributed by atoms with van der Waals surface area (Å²) in [5.74, 6) is 0. The van der Waals surface area contributed by atoms with Gasteiger partial charge in [-0.1, -0.05) is 17.7 Å². The van der Waals surface area contributed by atoms with Gasteiger partial charge in [0, 0.05) is 14.7 Å². The van der Waals surface area contributed by atoms with Crippen molar-refractivity contribution in [2.24, 2.45) is 0 Å². The topological polar surface area (TPSA) is 12.9 Å². The fourth-order valence-electron chi connectivity index (χ4n) is 1.41. The van der Waals surface area contributed by atoms with Gasteiger partial charge in [-0.25, -0.2) is 0 Å². The van der Waals surface area contributed by atoms with Crippen molar-refractivity contribution < 1.29 is 0 Å². The summed E-state index contributed by atoms with van der Waals surface area (Å²) >= 11 is 8.52. The van der Waals surface area contributed by atoms with Crippen LogP contribution >= 0.6 is 34.2 Å². The van der Waals surface area contributed by atoms with E-state index in [1.165, 1.54) is 3.57 Å². The Balaban J connectivity index is 2.91. The van der Waals surface area contributed by atoms with Gasteiger partial charge >= 0.3 is 0 Å². The lowest BCUT2D eigenvalue weighted by Gasteiger charge is -2.06. The molecule has 0 saturated carbocycles. The maximum atomic E-state index is 6.24. The molecule has 0 saturated heterocycles. The molecule has 2 aromatic rings. The summed E-state index contributed by atoms with van der Waals surface area (Å²) in [4.78, 5) is 4.51. The molecule has 0 bridgehead atoms. The van der Waals surface area contributed by atoms with Gasteiger partial charge in [-0.2, -0.15) is 0 Å². The Morgan fingerprint density at radius 3 is 2.71 bits per heavy atom. The van der Waals surface area contributed by atoms with Crippen LogP contribution in [0.25, 0.3) is 10.9 Å². The van der Waals surface area contributed by atoms with Crippen molar-refractivity contribution in [2.45, 2.75) is 13.8 Å². The van der Waals surface area contributed by atoms with Gasteiger partial charge in [0.2, 0.25) is 0 Å². The number of aryl methyl sites for hydroxylation is 1. The molecule has 2 rings (SSSR count). The third kappa shape index (κ3) is 1.61. The van der Waals surface area contributed by atoms with Crippen LogP contribution in [0.5, 0.6) is 0 Å². The van der Waals surface area contributed by atoms with Crippen LogP contribution in [-0.2, 0) is 0 Å². The van der Waals surface area contributed by atoms with E-state index in [9.17, 15) is 0 Å². The summed E-state index contributed by atoms with van der Waals surface area (Å²) in [5.41, 5.74) is 3.05. The summed E-state index contributed by atoms with van der Waals surface area (Å²) in [5, 5.41) is 1.86. The van der Waals surface area contributed by atoms with E-state index in [1.807, 2.05) is 32.0 Å². The van der Waals surface area contributed by atoms with Crippen LogP contribution in [0.4, 0.5) is 0 Å². The molecule has 0 unspecified atom stereocenters. The van der Waals surface area contributed by atoms with Gasteiger partial charge in [0.1, 0.15) is 0 Å². The summed E-state index contributed by atoms with van der Waals surface area (Å²) in [7, 11) is 0.